The molecule has 1 N–H and O–H groups in total. The van der Waals surface area contributed by atoms with Gasteiger partial charge in [0.05, 0.1) is 5.56 Å². The Labute approximate surface area is 125 Å². The van der Waals surface area contributed by atoms with Gasteiger partial charge in [-0.05, 0) is 31.2 Å². The van der Waals surface area contributed by atoms with Crippen LogP contribution in [0, 0.1) is 18.6 Å². The number of amides is 1. The second kappa shape index (κ2) is 6.78. The van der Waals surface area contributed by atoms with Crippen molar-refractivity contribution in [1.29, 1.82) is 0 Å². The quantitative estimate of drug-likeness (QED) is 0.918. The van der Waals surface area contributed by atoms with E-state index < -0.39 is 17.5 Å². The van der Waals surface area contributed by atoms with Crippen molar-refractivity contribution in [3.63, 3.8) is 0 Å². The van der Waals surface area contributed by atoms with Crippen molar-refractivity contribution in [2.45, 2.75) is 13.0 Å². The number of carbonyl (C=O) groups excluding carboxylic acids is 1. The summed E-state index contributed by atoms with van der Waals surface area (Å²) in [6.07, 6.45) is -0.295. The SMILES string of the molecule is COC(CNC(=O)c1ccc(F)cc1F)c1ccc(C)s1. The molecular formula is C15H15F2NO2S. The van der Waals surface area contributed by atoms with Crippen molar-refractivity contribution < 1.29 is 18.3 Å². The van der Waals surface area contributed by atoms with Crippen LogP contribution in [0.2, 0.25) is 0 Å². The van der Waals surface area contributed by atoms with Gasteiger partial charge in [-0.3, -0.25) is 4.79 Å². The largest absolute Gasteiger partial charge is 0.374 e. The average molecular weight is 311 g/mol. The van der Waals surface area contributed by atoms with E-state index >= 15 is 0 Å². The van der Waals surface area contributed by atoms with E-state index in [1.54, 1.807) is 18.4 Å². The molecule has 0 bridgehead atoms. The number of nitrogens with one attached hydrogen (secondary N) is 1. The number of methoxy groups -OCH3 is 1. The minimum atomic E-state index is -0.881. The van der Waals surface area contributed by atoms with Gasteiger partial charge in [0.1, 0.15) is 17.7 Å². The highest BCUT2D eigenvalue weighted by Crippen LogP contribution is 2.24. The van der Waals surface area contributed by atoms with E-state index in [1.165, 1.54) is 0 Å². The molecule has 1 unspecified atom stereocenters. The zero-order chi connectivity index (χ0) is 15.4. The Morgan fingerprint density at radius 3 is 2.67 bits per heavy atom. The van der Waals surface area contributed by atoms with Gasteiger partial charge in [0, 0.05) is 29.5 Å². The fourth-order valence-electron chi connectivity index (χ4n) is 1.88. The molecule has 1 atom stereocenters. The topological polar surface area (TPSA) is 38.3 Å². The van der Waals surface area contributed by atoms with Crippen molar-refractivity contribution in [2.75, 3.05) is 13.7 Å². The van der Waals surface area contributed by atoms with Gasteiger partial charge < -0.3 is 10.1 Å². The van der Waals surface area contributed by atoms with Crippen LogP contribution in [0.15, 0.2) is 30.3 Å². The first kappa shape index (κ1) is 15.6. The fourth-order valence-corrected chi connectivity index (χ4v) is 2.84. The van der Waals surface area contributed by atoms with Gasteiger partial charge in [-0.1, -0.05) is 0 Å². The minimum Gasteiger partial charge on any atom is -0.374 e. The Bertz CT molecular complexity index is 642. The van der Waals surface area contributed by atoms with E-state index in [2.05, 4.69) is 5.32 Å². The summed E-state index contributed by atoms with van der Waals surface area (Å²) in [6.45, 7) is 2.19. The summed E-state index contributed by atoms with van der Waals surface area (Å²) in [5, 5.41) is 2.60. The van der Waals surface area contributed by atoms with Gasteiger partial charge in [-0.25, -0.2) is 8.78 Å². The van der Waals surface area contributed by atoms with Crippen molar-refractivity contribution in [3.05, 3.63) is 57.3 Å². The van der Waals surface area contributed by atoms with Crippen molar-refractivity contribution >= 4 is 17.2 Å². The van der Waals surface area contributed by atoms with Crippen LogP contribution < -0.4 is 5.32 Å². The molecule has 0 saturated heterocycles. The van der Waals surface area contributed by atoms with Gasteiger partial charge in [0.15, 0.2) is 0 Å². The van der Waals surface area contributed by atoms with E-state index in [0.717, 1.165) is 21.9 Å². The summed E-state index contributed by atoms with van der Waals surface area (Å²) in [6, 6.07) is 6.75. The van der Waals surface area contributed by atoms with Crippen molar-refractivity contribution in [2.24, 2.45) is 0 Å². The lowest BCUT2D eigenvalue weighted by atomic mass is 10.2. The fraction of sp³-hybridized carbons (Fsp3) is 0.267. The predicted molar refractivity (Wildman–Crippen MR) is 77.5 cm³/mol. The summed E-state index contributed by atoms with van der Waals surface area (Å²) in [5.74, 6) is -2.19. The number of benzene rings is 1. The minimum absolute atomic E-state index is 0.186. The Morgan fingerprint density at radius 2 is 2.10 bits per heavy atom. The Hall–Kier alpha value is -1.79. The second-order valence-corrected chi connectivity index (χ2v) is 5.83. The summed E-state index contributed by atoms with van der Waals surface area (Å²) in [5.41, 5.74) is -0.186. The standard InChI is InChI=1S/C15H15F2NO2S/c1-9-3-6-14(21-9)13(20-2)8-18-15(19)11-5-4-10(16)7-12(11)17/h3-7,13H,8H2,1-2H3,(H,18,19). The molecule has 1 amide bonds. The number of thiophene rings is 1. The molecule has 0 aliphatic carbocycles. The summed E-state index contributed by atoms with van der Waals surface area (Å²) in [4.78, 5) is 14.0. The third-order valence-corrected chi connectivity index (χ3v) is 4.08. The van der Waals surface area contributed by atoms with Crippen LogP contribution in [0.1, 0.15) is 26.2 Å². The number of aryl methyl sites for hydroxylation is 1. The van der Waals surface area contributed by atoms with Crippen LogP contribution in [-0.2, 0) is 4.74 Å². The van der Waals surface area contributed by atoms with E-state index in [4.69, 9.17) is 4.74 Å². The molecule has 2 rings (SSSR count). The first-order chi connectivity index (χ1) is 10.0. The second-order valence-electron chi connectivity index (χ2n) is 4.51. The number of hydrogen-bond acceptors (Lipinski definition) is 3. The molecule has 3 nitrogen and oxygen atoms in total. The number of rotatable bonds is 5. The number of ether oxygens (including phenoxy) is 1. The predicted octanol–water partition coefficient (Wildman–Crippen LogP) is 3.45. The third-order valence-electron chi connectivity index (χ3n) is 2.99. The Kier molecular flexibility index (Phi) is 5.03. The highest BCUT2D eigenvalue weighted by Gasteiger charge is 2.17. The Balaban J connectivity index is 2.02. The zero-order valence-corrected chi connectivity index (χ0v) is 12.5. The van der Waals surface area contributed by atoms with Crippen LogP contribution >= 0.6 is 11.3 Å². The molecule has 21 heavy (non-hydrogen) atoms. The molecule has 2 aromatic rings. The maximum Gasteiger partial charge on any atom is 0.254 e. The van der Waals surface area contributed by atoms with Crippen LogP contribution in [0.25, 0.3) is 0 Å². The van der Waals surface area contributed by atoms with Gasteiger partial charge in [0.2, 0.25) is 0 Å². The van der Waals surface area contributed by atoms with Crippen molar-refractivity contribution in [1.82, 2.24) is 5.32 Å². The molecule has 0 saturated carbocycles. The molecular weight excluding hydrogens is 296 g/mol. The maximum absolute atomic E-state index is 13.5. The van der Waals surface area contributed by atoms with Crippen LogP contribution in [0.5, 0.6) is 0 Å². The summed E-state index contributed by atoms with van der Waals surface area (Å²) < 4.78 is 31.6. The van der Waals surface area contributed by atoms with Crippen LogP contribution in [-0.4, -0.2) is 19.6 Å². The first-order valence-corrected chi connectivity index (χ1v) is 7.15. The molecule has 1 heterocycles. The maximum atomic E-state index is 13.5. The van der Waals surface area contributed by atoms with E-state index in [0.29, 0.717) is 6.07 Å². The number of carbonyl (C=O) groups is 1. The van der Waals surface area contributed by atoms with Gasteiger partial charge in [0.25, 0.3) is 5.91 Å². The van der Waals surface area contributed by atoms with E-state index in [9.17, 15) is 13.6 Å². The molecule has 1 aromatic heterocycles. The van der Waals surface area contributed by atoms with Crippen molar-refractivity contribution in [3.8, 4) is 0 Å². The first-order valence-electron chi connectivity index (χ1n) is 6.33. The van der Waals surface area contributed by atoms with Gasteiger partial charge >= 0.3 is 0 Å². The lowest BCUT2D eigenvalue weighted by Gasteiger charge is -2.14. The normalized spacial score (nSPS) is 12.2. The molecule has 112 valence electrons. The van der Waals surface area contributed by atoms with E-state index in [-0.39, 0.29) is 18.2 Å². The molecule has 0 aliphatic rings. The lowest BCUT2D eigenvalue weighted by Crippen LogP contribution is -2.29. The number of halogens is 2. The number of hydrogen-bond donors (Lipinski definition) is 1. The lowest BCUT2D eigenvalue weighted by molar-refractivity contribution is 0.0834. The Morgan fingerprint density at radius 1 is 1.33 bits per heavy atom. The highest BCUT2D eigenvalue weighted by atomic mass is 32.1. The molecule has 0 radical (unpaired) electrons. The van der Waals surface area contributed by atoms with E-state index in [1.807, 2.05) is 19.1 Å². The summed E-state index contributed by atoms with van der Waals surface area (Å²) >= 11 is 1.57. The van der Waals surface area contributed by atoms with Gasteiger partial charge in [-0.2, -0.15) is 0 Å². The zero-order valence-electron chi connectivity index (χ0n) is 11.7. The molecule has 0 aliphatic heterocycles. The highest BCUT2D eigenvalue weighted by molar-refractivity contribution is 7.12. The average Bonchev–Trinajstić information content (AvgIpc) is 2.86. The summed E-state index contributed by atoms with van der Waals surface area (Å²) in [7, 11) is 1.55. The smallest absolute Gasteiger partial charge is 0.254 e. The van der Waals surface area contributed by atoms with Gasteiger partial charge in [-0.15, -0.1) is 11.3 Å². The molecule has 0 fully saturated rings. The molecule has 0 spiro atoms. The van der Waals surface area contributed by atoms with Crippen LogP contribution in [0.4, 0.5) is 8.78 Å². The molecule has 6 heteroatoms. The monoisotopic (exact) mass is 311 g/mol. The van der Waals surface area contributed by atoms with Crippen LogP contribution in [0.3, 0.4) is 0 Å². The third kappa shape index (κ3) is 3.86. The molecule has 1 aromatic carbocycles.